The number of carboxylic acid groups (broad SMARTS) is 1. The first-order valence-corrected chi connectivity index (χ1v) is 8.02. The monoisotopic (exact) mass is 314 g/mol. The number of hydrogen-bond acceptors (Lipinski definition) is 4. The van der Waals surface area contributed by atoms with Crippen molar-refractivity contribution in [2.24, 2.45) is 5.92 Å². The molecule has 1 aliphatic heterocycles. The van der Waals surface area contributed by atoms with Gasteiger partial charge in [-0.3, -0.25) is 9.69 Å². The molecule has 1 amide bonds. The average molecular weight is 314 g/mol. The van der Waals surface area contributed by atoms with Crippen LogP contribution in [0.3, 0.4) is 0 Å². The number of amides is 1. The van der Waals surface area contributed by atoms with Gasteiger partial charge in [0.05, 0.1) is 6.54 Å². The molecule has 128 valence electrons. The summed E-state index contributed by atoms with van der Waals surface area (Å²) >= 11 is 0. The molecule has 6 heteroatoms. The Bertz CT molecular complexity index is 390. The van der Waals surface area contributed by atoms with Crippen molar-refractivity contribution < 1.29 is 19.4 Å². The number of aliphatic carboxylic acids is 1. The summed E-state index contributed by atoms with van der Waals surface area (Å²) < 4.78 is 5.42. The number of carbonyl (C=O) groups excluding carboxylic acids is 1. The highest BCUT2D eigenvalue weighted by molar-refractivity contribution is 5.69. The van der Waals surface area contributed by atoms with Gasteiger partial charge in [-0.1, -0.05) is 0 Å². The summed E-state index contributed by atoms with van der Waals surface area (Å²) in [4.78, 5) is 26.8. The normalized spacial score (nSPS) is 19.6. The SMILES string of the molecule is CC(C)N(CC(=O)O)CC1CCCN(C(=O)OC(C)(C)C)C1. The lowest BCUT2D eigenvalue weighted by molar-refractivity contribution is -0.139. The second-order valence-corrected chi connectivity index (χ2v) is 7.35. The molecule has 0 aromatic rings. The van der Waals surface area contributed by atoms with Gasteiger partial charge in [0, 0.05) is 25.7 Å². The van der Waals surface area contributed by atoms with Gasteiger partial charge in [-0.2, -0.15) is 0 Å². The van der Waals surface area contributed by atoms with Crippen molar-refractivity contribution in [3.05, 3.63) is 0 Å². The molecule has 1 atom stereocenters. The summed E-state index contributed by atoms with van der Waals surface area (Å²) in [7, 11) is 0. The molecule has 1 aliphatic rings. The first-order valence-electron chi connectivity index (χ1n) is 8.02. The maximum atomic E-state index is 12.2. The van der Waals surface area contributed by atoms with Gasteiger partial charge in [-0.25, -0.2) is 4.79 Å². The number of piperidine rings is 1. The van der Waals surface area contributed by atoms with E-state index in [1.54, 1.807) is 4.90 Å². The number of carbonyl (C=O) groups is 2. The standard InChI is InChI=1S/C16H30N2O4/c1-12(2)18(11-14(19)20)10-13-7-6-8-17(9-13)15(21)22-16(3,4)5/h12-13H,6-11H2,1-5H3,(H,19,20). The molecule has 0 spiro atoms. The molecule has 6 nitrogen and oxygen atoms in total. The van der Waals surface area contributed by atoms with Gasteiger partial charge >= 0.3 is 12.1 Å². The van der Waals surface area contributed by atoms with Crippen molar-refractivity contribution in [1.82, 2.24) is 9.80 Å². The quantitative estimate of drug-likeness (QED) is 0.844. The van der Waals surface area contributed by atoms with Crippen LogP contribution in [-0.2, 0) is 9.53 Å². The number of carboxylic acids is 1. The van der Waals surface area contributed by atoms with Gasteiger partial charge in [0.1, 0.15) is 5.60 Å². The first-order chi connectivity index (χ1) is 10.1. The van der Waals surface area contributed by atoms with Crippen molar-refractivity contribution in [2.45, 2.75) is 59.1 Å². The van der Waals surface area contributed by atoms with Gasteiger partial charge < -0.3 is 14.7 Å². The fraction of sp³-hybridized carbons (Fsp3) is 0.875. The molecule has 1 heterocycles. The first kappa shape index (κ1) is 18.7. The van der Waals surface area contributed by atoms with E-state index in [0.29, 0.717) is 25.6 Å². The molecule has 1 rings (SSSR count). The van der Waals surface area contributed by atoms with E-state index in [9.17, 15) is 9.59 Å². The van der Waals surface area contributed by atoms with Crippen LogP contribution in [0.5, 0.6) is 0 Å². The predicted molar refractivity (Wildman–Crippen MR) is 84.9 cm³/mol. The lowest BCUT2D eigenvalue weighted by atomic mass is 9.97. The lowest BCUT2D eigenvalue weighted by Gasteiger charge is -2.37. The van der Waals surface area contributed by atoms with Crippen LogP contribution in [0.4, 0.5) is 4.79 Å². The molecule has 0 aliphatic carbocycles. The minimum Gasteiger partial charge on any atom is -0.480 e. The van der Waals surface area contributed by atoms with Crippen LogP contribution in [0.1, 0.15) is 47.5 Å². The minimum absolute atomic E-state index is 0.0423. The fourth-order valence-electron chi connectivity index (χ4n) is 2.67. The minimum atomic E-state index is -0.812. The summed E-state index contributed by atoms with van der Waals surface area (Å²) in [6, 6.07) is 0.174. The Balaban J connectivity index is 2.58. The molecule has 1 fully saturated rings. The molecule has 0 aromatic carbocycles. The van der Waals surface area contributed by atoms with E-state index < -0.39 is 11.6 Å². The van der Waals surface area contributed by atoms with Crippen LogP contribution in [-0.4, -0.2) is 64.8 Å². The predicted octanol–water partition coefficient (Wildman–Crippen LogP) is 2.43. The number of ether oxygens (including phenoxy) is 1. The van der Waals surface area contributed by atoms with Crippen LogP contribution in [0, 0.1) is 5.92 Å². The van der Waals surface area contributed by atoms with E-state index in [2.05, 4.69) is 0 Å². The number of rotatable bonds is 5. The zero-order valence-electron chi connectivity index (χ0n) is 14.5. The van der Waals surface area contributed by atoms with Crippen LogP contribution in [0.25, 0.3) is 0 Å². The molecule has 0 radical (unpaired) electrons. The third-order valence-corrected chi connectivity index (χ3v) is 3.73. The highest BCUT2D eigenvalue weighted by Gasteiger charge is 2.29. The van der Waals surface area contributed by atoms with Gasteiger partial charge in [0.25, 0.3) is 0 Å². The van der Waals surface area contributed by atoms with Crippen LogP contribution < -0.4 is 0 Å². The Morgan fingerprint density at radius 2 is 2.00 bits per heavy atom. The van der Waals surface area contributed by atoms with Crippen molar-refractivity contribution in [3.8, 4) is 0 Å². The van der Waals surface area contributed by atoms with Crippen molar-refractivity contribution in [1.29, 1.82) is 0 Å². The summed E-state index contributed by atoms with van der Waals surface area (Å²) in [5, 5.41) is 9.00. The second-order valence-electron chi connectivity index (χ2n) is 7.35. The third-order valence-electron chi connectivity index (χ3n) is 3.73. The number of hydrogen-bond donors (Lipinski definition) is 1. The lowest BCUT2D eigenvalue weighted by Crippen LogP contribution is -2.47. The van der Waals surface area contributed by atoms with Crippen LogP contribution >= 0.6 is 0 Å². The maximum absolute atomic E-state index is 12.2. The molecular formula is C16H30N2O4. The van der Waals surface area contributed by atoms with Gasteiger partial charge in [-0.05, 0) is 53.4 Å². The number of nitrogens with zero attached hydrogens (tertiary/aromatic N) is 2. The average Bonchev–Trinajstić information content (AvgIpc) is 2.35. The van der Waals surface area contributed by atoms with E-state index in [-0.39, 0.29) is 18.7 Å². The summed E-state index contributed by atoms with van der Waals surface area (Å²) in [6.45, 7) is 11.7. The third kappa shape index (κ3) is 6.64. The Hall–Kier alpha value is -1.30. The van der Waals surface area contributed by atoms with E-state index in [1.165, 1.54) is 0 Å². The van der Waals surface area contributed by atoms with Crippen molar-refractivity contribution in [2.75, 3.05) is 26.2 Å². The Morgan fingerprint density at radius 1 is 1.36 bits per heavy atom. The molecular weight excluding hydrogens is 284 g/mol. The highest BCUT2D eigenvalue weighted by Crippen LogP contribution is 2.21. The summed E-state index contributed by atoms with van der Waals surface area (Å²) in [5.74, 6) is -0.517. The highest BCUT2D eigenvalue weighted by atomic mass is 16.6. The topological polar surface area (TPSA) is 70.1 Å². The fourth-order valence-corrected chi connectivity index (χ4v) is 2.67. The van der Waals surface area contributed by atoms with E-state index >= 15 is 0 Å². The molecule has 1 saturated heterocycles. The van der Waals surface area contributed by atoms with Crippen LogP contribution in [0.15, 0.2) is 0 Å². The van der Waals surface area contributed by atoms with Gasteiger partial charge in [-0.15, -0.1) is 0 Å². The molecule has 1 unspecified atom stereocenters. The zero-order valence-corrected chi connectivity index (χ0v) is 14.5. The van der Waals surface area contributed by atoms with Crippen molar-refractivity contribution >= 4 is 12.1 Å². The Morgan fingerprint density at radius 3 is 2.50 bits per heavy atom. The molecule has 0 bridgehead atoms. The summed E-state index contributed by atoms with van der Waals surface area (Å²) in [6.07, 6.45) is 1.68. The largest absolute Gasteiger partial charge is 0.480 e. The van der Waals surface area contributed by atoms with Gasteiger partial charge in [0.2, 0.25) is 0 Å². The van der Waals surface area contributed by atoms with E-state index in [0.717, 1.165) is 12.8 Å². The summed E-state index contributed by atoms with van der Waals surface area (Å²) in [5.41, 5.74) is -0.489. The molecule has 0 saturated carbocycles. The van der Waals surface area contributed by atoms with E-state index in [1.807, 2.05) is 39.5 Å². The maximum Gasteiger partial charge on any atom is 0.410 e. The van der Waals surface area contributed by atoms with E-state index in [4.69, 9.17) is 9.84 Å². The molecule has 22 heavy (non-hydrogen) atoms. The van der Waals surface area contributed by atoms with Gasteiger partial charge in [0.15, 0.2) is 0 Å². The smallest absolute Gasteiger partial charge is 0.410 e. The van der Waals surface area contributed by atoms with Crippen molar-refractivity contribution in [3.63, 3.8) is 0 Å². The van der Waals surface area contributed by atoms with Crippen LogP contribution in [0.2, 0.25) is 0 Å². The Labute approximate surface area is 133 Å². The number of likely N-dealkylation sites (tertiary alicyclic amines) is 1. The molecule has 1 N–H and O–H groups in total. The zero-order chi connectivity index (χ0) is 16.9. The molecule has 0 aromatic heterocycles. The second kappa shape index (κ2) is 7.81. The Kier molecular flexibility index (Phi) is 6.66.